The molecule has 0 saturated carbocycles. The number of amides is 1. The molecule has 1 aromatic carbocycles. The lowest BCUT2D eigenvalue weighted by Gasteiger charge is -2.18. The van der Waals surface area contributed by atoms with E-state index < -0.39 is 0 Å². The second-order valence-corrected chi connectivity index (χ2v) is 5.01. The summed E-state index contributed by atoms with van der Waals surface area (Å²) < 4.78 is 0. The van der Waals surface area contributed by atoms with Gasteiger partial charge in [-0.05, 0) is 17.7 Å². The Morgan fingerprint density at radius 3 is 2.55 bits per heavy atom. The van der Waals surface area contributed by atoms with E-state index in [-0.39, 0.29) is 42.6 Å². The van der Waals surface area contributed by atoms with E-state index in [9.17, 15) is 4.79 Å². The highest BCUT2D eigenvalue weighted by Gasteiger charge is 2.33. The van der Waals surface area contributed by atoms with Gasteiger partial charge >= 0.3 is 0 Å². The van der Waals surface area contributed by atoms with Crippen molar-refractivity contribution in [2.75, 3.05) is 18.4 Å². The van der Waals surface area contributed by atoms with Gasteiger partial charge in [-0.1, -0.05) is 30.3 Å². The molecule has 2 atom stereocenters. The minimum Gasteiger partial charge on any atom is -0.324 e. The molecule has 1 amide bonds. The van der Waals surface area contributed by atoms with Crippen molar-refractivity contribution in [3.05, 3.63) is 60.4 Å². The highest BCUT2D eigenvalue weighted by atomic mass is 35.5. The van der Waals surface area contributed by atoms with Gasteiger partial charge in [0.2, 0.25) is 5.91 Å². The topological polar surface area (TPSA) is 54.0 Å². The van der Waals surface area contributed by atoms with E-state index in [2.05, 4.69) is 27.8 Å². The van der Waals surface area contributed by atoms with Crippen molar-refractivity contribution in [2.45, 2.75) is 5.92 Å². The van der Waals surface area contributed by atoms with Gasteiger partial charge in [0.25, 0.3) is 0 Å². The number of nitrogens with one attached hydrogen (secondary N) is 2. The maximum atomic E-state index is 12.4. The zero-order chi connectivity index (χ0) is 13.8. The summed E-state index contributed by atoms with van der Waals surface area (Å²) in [5.41, 5.74) is 1.96. The summed E-state index contributed by atoms with van der Waals surface area (Å²) in [5, 5.41) is 6.25. The zero-order valence-corrected chi connectivity index (χ0v) is 13.6. The Morgan fingerprint density at radius 2 is 1.86 bits per heavy atom. The summed E-state index contributed by atoms with van der Waals surface area (Å²) in [6.07, 6.45) is 3.36. The minimum absolute atomic E-state index is 0. The van der Waals surface area contributed by atoms with Crippen LogP contribution < -0.4 is 10.6 Å². The molecule has 1 aliphatic heterocycles. The lowest BCUT2D eigenvalue weighted by Crippen LogP contribution is -2.28. The summed E-state index contributed by atoms with van der Waals surface area (Å²) in [5.74, 6) is 0.238. The van der Waals surface area contributed by atoms with Crippen LogP contribution in [0.15, 0.2) is 54.9 Å². The Bertz CT molecular complexity index is 580. The van der Waals surface area contributed by atoms with Gasteiger partial charge in [-0.2, -0.15) is 0 Å². The molecule has 2 aromatic rings. The standard InChI is InChI=1S/C16H17N3O.2ClH/c20-16(19-13-7-4-8-17-9-13)15-11-18-10-14(15)12-5-2-1-3-6-12;;/h1-9,14-15,18H,10-11H2,(H,19,20);2*1H/t14-,15+;;/m0../s1. The third-order valence-electron chi connectivity index (χ3n) is 3.71. The first-order valence-electron chi connectivity index (χ1n) is 6.81. The fraction of sp³-hybridized carbons (Fsp3) is 0.250. The third kappa shape index (κ3) is 4.19. The van der Waals surface area contributed by atoms with Crippen LogP contribution >= 0.6 is 24.8 Å². The van der Waals surface area contributed by atoms with Crippen LogP contribution in [-0.4, -0.2) is 24.0 Å². The highest BCUT2D eigenvalue weighted by Crippen LogP contribution is 2.28. The van der Waals surface area contributed by atoms with E-state index in [0.717, 1.165) is 12.2 Å². The van der Waals surface area contributed by atoms with E-state index in [4.69, 9.17) is 0 Å². The number of aromatic nitrogens is 1. The first kappa shape index (κ1) is 18.4. The number of hydrogen-bond acceptors (Lipinski definition) is 3. The SMILES string of the molecule is Cl.Cl.O=C(Nc1cccnc1)[C@@H]1CNC[C@H]1c1ccccc1. The molecule has 1 fully saturated rings. The zero-order valence-electron chi connectivity index (χ0n) is 11.9. The monoisotopic (exact) mass is 339 g/mol. The van der Waals surface area contributed by atoms with Gasteiger partial charge in [-0.15, -0.1) is 24.8 Å². The molecule has 4 nitrogen and oxygen atoms in total. The summed E-state index contributed by atoms with van der Waals surface area (Å²) in [4.78, 5) is 16.4. The van der Waals surface area contributed by atoms with Crippen molar-refractivity contribution < 1.29 is 4.79 Å². The average molecular weight is 340 g/mol. The normalized spacial score (nSPS) is 19.6. The molecule has 0 bridgehead atoms. The molecule has 0 radical (unpaired) electrons. The van der Waals surface area contributed by atoms with Crippen LogP contribution in [0.25, 0.3) is 0 Å². The predicted molar refractivity (Wildman–Crippen MR) is 92.9 cm³/mol. The van der Waals surface area contributed by atoms with Gasteiger partial charge in [0, 0.05) is 25.2 Å². The fourth-order valence-electron chi connectivity index (χ4n) is 2.68. The van der Waals surface area contributed by atoms with Crippen molar-refractivity contribution in [1.29, 1.82) is 0 Å². The number of nitrogens with zero attached hydrogens (tertiary/aromatic N) is 1. The van der Waals surface area contributed by atoms with Crippen molar-refractivity contribution >= 4 is 36.4 Å². The molecule has 118 valence electrons. The van der Waals surface area contributed by atoms with Crippen molar-refractivity contribution in [3.63, 3.8) is 0 Å². The van der Waals surface area contributed by atoms with Gasteiger partial charge in [-0.3, -0.25) is 9.78 Å². The summed E-state index contributed by atoms with van der Waals surface area (Å²) in [7, 11) is 0. The van der Waals surface area contributed by atoms with Gasteiger partial charge < -0.3 is 10.6 Å². The molecule has 0 unspecified atom stereocenters. The van der Waals surface area contributed by atoms with E-state index in [1.165, 1.54) is 5.56 Å². The number of rotatable bonds is 3. The number of benzene rings is 1. The van der Waals surface area contributed by atoms with Crippen LogP contribution in [0.2, 0.25) is 0 Å². The Hall–Kier alpha value is -1.62. The molecular formula is C16H19Cl2N3O. The Morgan fingerprint density at radius 1 is 1.09 bits per heavy atom. The molecule has 1 aliphatic rings. The number of carbonyl (C=O) groups excluding carboxylic acids is 1. The molecular weight excluding hydrogens is 321 g/mol. The fourth-order valence-corrected chi connectivity index (χ4v) is 2.68. The maximum absolute atomic E-state index is 12.4. The second kappa shape index (κ2) is 8.73. The highest BCUT2D eigenvalue weighted by molar-refractivity contribution is 5.93. The van der Waals surface area contributed by atoms with Crippen LogP contribution in [-0.2, 0) is 4.79 Å². The lowest BCUT2D eigenvalue weighted by atomic mass is 9.88. The van der Waals surface area contributed by atoms with Crippen molar-refractivity contribution in [3.8, 4) is 0 Å². The third-order valence-corrected chi connectivity index (χ3v) is 3.71. The van der Waals surface area contributed by atoms with Gasteiger partial charge in [0.05, 0.1) is 17.8 Å². The summed E-state index contributed by atoms with van der Waals surface area (Å²) in [6, 6.07) is 13.9. The Labute approximate surface area is 142 Å². The van der Waals surface area contributed by atoms with Crippen molar-refractivity contribution in [2.24, 2.45) is 5.92 Å². The molecule has 22 heavy (non-hydrogen) atoms. The molecule has 0 aliphatic carbocycles. The number of hydrogen-bond donors (Lipinski definition) is 2. The lowest BCUT2D eigenvalue weighted by molar-refractivity contribution is -0.119. The Balaban J connectivity index is 0.00000121. The molecule has 1 aromatic heterocycles. The average Bonchev–Trinajstić information content (AvgIpc) is 2.99. The maximum Gasteiger partial charge on any atom is 0.229 e. The van der Waals surface area contributed by atoms with Gasteiger partial charge in [0.15, 0.2) is 0 Å². The Kier molecular flexibility index (Phi) is 7.32. The number of carbonyl (C=O) groups is 1. The van der Waals surface area contributed by atoms with Crippen LogP contribution in [0.3, 0.4) is 0 Å². The minimum atomic E-state index is -0.0439. The molecule has 1 saturated heterocycles. The number of anilines is 1. The van der Waals surface area contributed by atoms with Gasteiger partial charge in [-0.25, -0.2) is 0 Å². The van der Waals surface area contributed by atoms with E-state index in [0.29, 0.717) is 6.54 Å². The molecule has 2 N–H and O–H groups in total. The second-order valence-electron chi connectivity index (χ2n) is 5.01. The number of pyridine rings is 1. The van der Waals surface area contributed by atoms with Gasteiger partial charge in [0.1, 0.15) is 0 Å². The molecule has 3 rings (SSSR count). The summed E-state index contributed by atoms with van der Waals surface area (Å²) in [6.45, 7) is 1.56. The van der Waals surface area contributed by atoms with E-state index >= 15 is 0 Å². The van der Waals surface area contributed by atoms with Crippen LogP contribution in [0, 0.1) is 5.92 Å². The van der Waals surface area contributed by atoms with Crippen LogP contribution in [0.5, 0.6) is 0 Å². The predicted octanol–water partition coefficient (Wildman–Crippen LogP) is 2.87. The smallest absolute Gasteiger partial charge is 0.229 e. The largest absolute Gasteiger partial charge is 0.324 e. The quantitative estimate of drug-likeness (QED) is 0.903. The van der Waals surface area contributed by atoms with Crippen LogP contribution in [0.4, 0.5) is 5.69 Å². The number of halogens is 2. The van der Waals surface area contributed by atoms with E-state index in [1.807, 2.05) is 30.3 Å². The molecule has 2 heterocycles. The first-order valence-corrected chi connectivity index (χ1v) is 6.81. The summed E-state index contributed by atoms with van der Waals surface area (Å²) >= 11 is 0. The molecule has 0 spiro atoms. The first-order chi connectivity index (χ1) is 9.84. The van der Waals surface area contributed by atoms with Crippen LogP contribution in [0.1, 0.15) is 11.5 Å². The van der Waals surface area contributed by atoms with E-state index in [1.54, 1.807) is 12.4 Å². The molecule has 6 heteroatoms. The van der Waals surface area contributed by atoms with Crippen molar-refractivity contribution in [1.82, 2.24) is 10.3 Å².